The molecule has 0 bridgehead atoms. The van der Waals surface area contributed by atoms with Crippen LogP contribution in [0.5, 0.6) is 0 Å². The lowest BCUT2D eigenvalue weighted by Gasteiger charge is -2.46. The van der Waals surface area contributed by atoms with Gasteiger partial charge in [-0.1, -0.05) is 30.3 Å². The monoisotopic (exact) mass is 506 g/mol. The average molecular weight is 507 g/mol. The molecule has 10 heteroatoms. The molecule has 1 atom stereocenters. The number of nitrogens with zero attached hydrogens (tertiary/aromatic N) is 5. The topological polar surface area (TPSA) is 112 Å². The van der Waals surface area contributed by atoms with Crippen LogP contribution in [-0.4, -0.2) is 63.0 Å². The highest BCUT2D eigenvalue weighted by molar-refractivity contribution is 7.99. The van der Waals surface area contributed by atoms with E-state index >= 15 is 0 Å². The molecule has 0 saturated carbocycles. The van der Waals surface area contributed by atoms with Gasteiger partial charge in [0.05, 0.1) is 23.4 Å². The number of hydrogen-bond donors (Lipinski definition) is 3. The second kappa shape index (κ2) is 9.78. The summed E-state index contributed by atoms with van der Waals surface area (Å²) in [6, 6.07) is 2.00. The van der Waals surface area contributed by atoms with E-state index in [2.05, 4.69) is 38.6 Å². The summed E-state index contributed by atoms with van der Waals surface area (Å²) in [4.78, 5) is 18.9. The van der Waals surface area contributed by atoms with Crippen LogP contribution in [0.25, 0.3) is 0 Å². The van der Waals surface area contributed by atoms with Crippen molar-refractivity contribution in [1.29, 1.82) is 0 Å². The Kier molecular flexibility index (Phi) is 7.32. The number of piperidine rings is 1. The maximum absolute atomic E-state index is 10.2. The maximum atomic E-state index is 10.2. The van der Waals surface area contributed by atoms with E-state index in [-0.39, 0.29) is 24.0 Å². The minimum Gasteiger partial charge on any atom is -0.390 e. The third kappa shape index (κ3) is 5.14. The molecule has 0 aliphatic carbocycles. The van der Waals surface area contributed by atoms with Crippen molar-refractivity contribution < 1.29 is 10.2 Å². The van der Waals surface area contributed by atoms with Gasteiger partial charge in [0.15, 0.2) is 5.82 Å². The number of aliphatic hydroxyl groups is 2. The van der Waals surface area contributed by atoms with Gasteiger partial charge in [-0.15, -0.1) is 0 Å². The van der Waals surface area contributed by atoms with E-state index in [1.807, 2.05) is 19.9 Å². The number of aliphatic hydroxyl groups excluding tert-OH is 1. The normalized spacial score (nSPS) is 19.8. The quantitative estimate of drug-likeness (QED) is 0.520. The van der Waals surface area contributed by atoms with Crippen molar-refractivity contribution in [1.82, 2.24) is 15.0 Å². The first-order valence-electron chi connectivity index (χ1n) is 11.8. The molecule has 4 heterocycles. The fraction of sp³-hybridized carbons (Fsp3) is 0.625. The number of anilines is 2. The standard InChI is InChI=1S/C24H35ClN6O2S/c1-15(26)24(4)6-9-30(10-7-24)21-17(14-32)29-19(11-28-21)34-18-5-8-27-22(20(18)25)31-12-16(13-31)23(2,3)33/h5,8,11,15-16,32-33H,6-7,9-10,12-14,26H2,1-4H3. The molecule has 0 aromatic carbocycles. The molecule has 0 spiro atoms. The first kappa shape index (κ1) is 25.4. The summed E-state index contributed by atoms with van der Waals surface area (Å²) >= 11 is 8.11. The molecular weight excluding hydrogens is 472 g/mol. The molecule has 2 aromatic heterocycles. The van der Waals surface area contributed by atoms with Gasteiger partial charge < -0.3 is 25.7 Å². The van der Waals surface area contributed by atoms with E-state index in [0.717, 1.165) is 36.6 Å². The molecule has 0 amide bonds. The van der Waals surface area contributed by atoms with Crippen molar-refractivity contribution in [3.05, 3.63) is 29.2 Å². The van der Waals surface area contributed by atoms with Gasteiger partial charge in [0, 0.05) is 49.2 Å². The Balaban J connectivity index is 1.47. The molecule has 4 N–H and O–H groups in total. The van der Waals surface area contributed by atoms with Gasteiger partial charge in [-0.3, -0.25) is 0 Å². The minimum absolute atomic E-state index is 0.123. The second-order valence-electron chi connectivity index (χ2n) is 10.4. The summed E-state index contributed by atoms with van der Waals surface area (Å²) in [7, 11) is 0. The largest absolute Gasteiger partial charge is 0.390 e. The maximum Gasteiger partial charge on any atom is 0.152 e. The van der Waals surface area contributed by atoms with Gasteiger partial charge in [-0.2, -0.15) is 0 Å². The van der Waals surface area contributed by atoms with Crippen molar-refractivity contribution >= 4 is 35.0 Å². The van der Waals surface area contributed by atoms with E-state index in [1.54, 1.807) is 12.4 Å². The lowest BCUT2D eigenvalue weighted by molar-refractivity contribution is 0.00438. The molecular formula is C24H35ClN6O2S. The average Bonchev–Trinajstić information content (AvgIpc) is 2.75. The van der Waals surface area contributed by atoms with Gasteiger partial charge in [0.25, 0.3) is 0 Å². The van der Waals surface area contributed by atoms with Crippen molar-refractivity contribution in [2.24, 2.45) is 17.1 Å². The number of hydrogen-bond acceptors (Lipinski definition) is 9. The van der Waals surface area contributed by atoms with Crippen molar-refractivity contribution in [3.63, 3.8) is 0 Å². The van der Waals surface area contributed by atoms with Crippen LogP contribution in [0.3, 0.4) is 0 Å². The molecule has 186 valence electrons. The highest BCUT2D eigenvalue weighted by atomic mass is 35.5. The van der Waals surface area contributed by atoms with E-state index < -0.39 is 5.60 Å². The lowest BCUT2D eigenvalue weighted by atomic mass is 9.75. The molecule has 0 radical (unpaired) electrons. The summed E-state index contributed by atoms with van der Waals surface area (Å²) in [5.41, 5.74) is 6.17. The first-order chi connectivity index (χ1) is 16.0. The third-order valence-corrected chi connectivity index (χ3v) is 8.94. The molecule has 2 saturated heterocycles. The predicted molar refractivity (Wildman–Crippen MR) is 137 cm³/mol. The van der Waals surface area contributed by atoms with Crippen LogP contribution in [0.15, 0.2) is 28.4 Å². The highest BCUT2D eigenvalue weighted by Gasteiger charge is 2.39. The summed E-state index contributed by atoms with van der Waals surface area (Å²) < 4.78 is 0. The molecule has 8 nitrogen and oxygen atoms in total. The Hall–Kier alpha value is -1.65. The van der Waals surface area contributed by atoms with Crippen LogP contribution in [0.4, 0.5) is 11.6 Å². The number of halogens is 1. The molecule has 2 aliphatic heterocycles. The fourth-order valence-electron chi connectivity index (χ4n) is 4.43. The Morgan fingerprint density at radius 1 is 1.24 bits per heavy atom. The number of nitrogens with two attached hydrogens (primary N) is 1. The SMILES string of the molecule is CC(N)C1(C)CCN(c2ncc(Sc3ccnc(N4CC(C(C)(C)O)C4)c3Cl)nc2CO)CC1. The minimum atomic E-state index is -0.719. The van der Waals surface area contributed by atoms with E-state index in [0.29, 0.717) is 34.6 Å². The zero-order valence-corrected chi connectivity index (χ0v) is 21.9. The Labute approximate surface area is 210 Å². The van der Waals surface area contributed by atoms with Crippen LogP contribution < -0.4 is 15.5 Å². The smallest absolute Gasteiger partial charge is 0.152 e. The Bertz CT molecular complexity index is 1020. The van der Waals surface area contributed by atoms with Gasteiger partial charge in [0.1, 0.15) is 16.5 Å². The van der Waals surface area contributed by atoms with Gasteiger partial charge in [0.2, 0.25) is 0 Å². The first-order valence-corrected chi connectivity index (χ1v) is 13.0. The zero-order chi connectivity index (χ0) is 24.7. The van der Waals surface area contributed by atoms with E-state index in [4.69, 9.17) is 17.3 Å². The number of pyridine rings is 1. The van der Waals surface area contributed by atoms with Crippen LogP contribution in [0.1, 0.15) is 46.2 Å². The Morgan fingerprint density at radius 3 is 2.50 bits per heavy atom. The van der Waals surface area contributed by atoms with Crippen LogP contribution in [0.2, 0.25) is 5.02 Å². The van der Waals surface area contributed by atoms with Crippen molar-refractivity contribution in [3.8, 4) is 0 Å². The number of rotatable bonds is 7. The van der Waals surface area contributed by atoms with Gasteiger partial charge in [-0.05, 0) is 45.1 Å². The molecule has 4 rings (SSSR count). The van der Waals surface area contributed by atoms with Crippen LogP contribution >= 0.6 is 23.4 Å². The summed E-state index contributed by atoms with van der Waals surface area (Å²) in [6.07, 6.45) is 5.43. The van der Waals surface area contributed by atoms with E-state index in [9.17, 15) is 10.2 Å². The number of aromatic nitrogens is 3. The van der Waals surface area contributed by atoms with Crippen molar-refractivity contribution in [2.75, 3.05) is 36.0 Å². The Morgan fingerprint density at radius 2 is 1.91 bits per heavy atom. The molecule has 2 aliphatic rings. The second-order valence-corrected chi connectivity index (χ2v) is 11.8. The van der Waals surface area contributed by atoms with Gasteiger partial charge in [-0.25, -0.2) is 15.0 Å². The summed E-state index contributed by atoms with van der Waals surface area (Å²) in [5, 5.41) is 21.4. The van der Waals surface area contributed by atoms with Gasteiger partial charge >= 0.3 is 0 Å². The predicted octanol–water partition coefficient (Wildman–Crippen LogP) is 3.33. The molecule has 34 heavy (non-hydrogen) atoms. The third-order valence-electron chi connectivity index (χ3n) is 7.48. The fourth-order valence-corrected chi connectivity index (χ4v) is 5.58. The molecule has 2 aromatic rings. The zero-order valence-electron chi connectivity index (χ0n) is 20.3. The highest BCUT2D eigenvalue weighted by Crippen LogP contribution is 2.41. The molecule has 1 unspecified atom stereocenters. The van der Waals surface area contributed by atoms with Crippen molar-refractivity contribution in [2.45, 2.75) is 68.7 Å². The van der Waals surface area contributed by atoms with E-state index in [1.165, 1.54) is 11.8 Å². The summed E-state index contributed by atoms with van der Waals surface area (Å²) in [6.45, 7) is 10.9. The van der Waals surface area contributed by atoms with Crippen LogP contribution in [-0.2, 0) is 6.61 Å². The molecule has 2 fully saturated rings. The lowest BCUT2D eigenvalue weighted by Crippen LogP contribution is -2.56. The summed E-state index contributed by atoms with van der Waals surface area (Å²) in [5.74, 6) is 1.64. The van der Waals surface area contributed by atoms with Crippen LogP contribution in [0, 0.1) is 11.3 Å².